The molecule has 0 atom stereocenters. The van der Waals surface area contributed by atoms with Crippen molar-refractivity contribution in [2.45, 2.75) is 19.8 Å². The Kier molecular flexibility index (Phi) is 4.81. The van der Waals surface area contributed by atoms with Crippen LogP contribution in [-0.4, -0.2) is 22.2 Å². The Hall–Kier alpha value is -2.07. The van der Waals surface area contributed by atoms with E-state index >= 15 is 0 Å². The van der Waals surface area contributed by atoms with E-state index in [0.717, 1.165) is 11.4 Å². The van der Waals surface area contributed by atoms with Crippen molar-refractivity contribution >= 4 is 17.5 Å². The Morgan fingerprint density at radius 2 is 2.29 bits per heavy atom. The molecule has 1 heterocycles. The molecule has 0 saturated heterocycles. The summed E-state index contributed by atoms with van der Waals surface area (Å²) in [7, 11) is 0. The van der Waals surface area contributed by atoms with Crippen molar-refractivity contribution in [2.75, 3.05) is 6.54 Å². The van der Waals surface area contributed by atoms with Gasteiger partial charge in [0.1, 0.15) is 0 Å². The molecule has 5 heteroatoms. The van der Waals surface area contributed by atoms with Crippen molar-refractivity contribution in [2.24, 2.45) is 0 Å². The number of rotatable bonds is 5. The maximum absolute atomic E-state index is 12.2. The number of nitrogens with one attached hydrogen (secondary N) is 1. The van der Waals surface area contributed by atoms with E-state index in [9.17, 15) is 4.79 Å². The second-order valence-corrected chi connectivity index (χ2v) is 5.42. The number of benzene rings is 1. The summed E-state index contributed by atoms with van der Waals surface area (Å²) >= 11 is 6.03. The fourth-order valence-electron chi connectivity index (χ4n) is 2.16. The lowest BCUT2D eigenvalue weighted by atomic mass is 10.1. The molecule has 0 unspecified atom stereocenters. The summed E-state index contributed by atoms with van der Waals surface area (Å²) in [6.07, 6.45) is 3.24. The third-order valence-electron chi connectivity index (χ3n) is 3.06. The standard InChI is InChI=1S/C16H18ClN3O/c1-4-8-18-16(21)14-10-19-20(15(14)11(2)3)13-7-5-6-12(17)9-13/h4-7,9-11H,1,8H2,2-3H3,(H,18,21). The molecule has 21 heavy (non-hydrogen) atoms. The summed E-state index contributed by atoms with van der Waals surface area (Å²) in [4.78, 5) is 12.2. The number of hydrogen-bond acceptors (Lipinski definition) is 2. The van der Waals surface area contributed by atoms with Gasteiger partial charge in [-0.3, -0.25) is 4.79 Å². The monoisotopic (exact) mass is 303 g/mol. The molecule has 0 aliphatic rings. The second kappa shape index (κ2) is 6.59. The van der Waals surface area contributed by atoms with E-state index in [2.05, 4.69) is 17.0 Å². The molecule has 0 spiro atoms. The van der Waals surface area contributed by atoms with Crippen LogP contribution in [0, 0.1) is 0 Å². The van der Waals surface area contributed by atoms with E-state index in [4.69, 9.17) is 11.6 Å². The van der Waals surface area contributed by atoms with Crippen LogP contribution in [0.15, 0.2) is 43.1 Å². The molecule has 1 N–H and O–H groups in total. The highest BCUT2D eigenvalue weighted by atomic mass is 35.5. The Balaban J connectivity index is 2.46. The lowest BCUT2D eigenvalue weighted by molar-refractivity contribution is 0.0956. The highest BCUT2D eigenvalue weighted by molar-refractivity contribution is 6.30. The number of aromatic nitrogens is 2. The molecule has 2 aromatic rings. The van der Waals surface area contributed by atoms with Gasteiger partial charge in [-0.2, -0.15) is 5.10 Å². The lowest BCUT2D eigenvalue weighted by Gasteiger charge is -2.13. The molecule has 0 bridgehead atoms. The second-order valence-electron chi connectivity index (χ2n) is 4.99. The third kappa shape index (κ3) is 3.34. The first-order valence-electron chi connectivity index (χ1n) is 6.77. The molecule has 0 aliphatic carbocycles. The normalized spacial score (nSPS) is 10.7. The SMILES string of the molecule is C=CCNC(=O)c1cnn(-c2cccc(Cl)c2)c1C(C)C. The third-order valence-corrected chi connectivity index (χ3v) is 3.29. The van der Waals surface area contributed by atoms with Crippen LogP contribution < -0.4 is 5.32 Å². The Morgan fingerprint density at radius 1 is 1.52 bits per heavy atom. The predicted molar refractivity (Wildman–Crippen MR) is 85.2 cm³/mol. The van der Waals surface area contributed by atoms with Crippen molar-refractivity contribution in [3.8, 4) is 5.69 Å². The fraction of sp³-hybridized carbons (Fsp3) is 0.250. The molecule has 2 rings (SSSR count). The van der Waals surface area contributed by atoms with Gasteiger partial charge in [0.2, 0.25) is 0 Å². The largest absolute Gasteiger partial charge is 0.348 e. The van der Waals surface area contributed by atoms with E-state index in [1.807, 2.05) is 32.0 Å². The highest BCUT2D eigenvalue weighted by Crippen LogP contribution is 2.24. The molecule has 1 aromatic heterocycles. The summed E-state index contributed by atoms with van der Waals surface area (Å²) in [5.74, 6) is 0.00263. The molecule has 1 amide bonds. The van der Waals surface area contributed by atoms with Crippen LogP contribution >= 0.6 is 11.6 Å². The van der Waals surface area contributed by atoms with Crippen LogP contribution in [0.5, 0.6) is 0 Å². The zero-order chi connectivity index (χ0) is 15.4. The quantitative estimate of drug-likeness (QED) is 0.858. The Labute approximate surface area is 129 Å². The van der Waals surface area contributed by atoms with E-state index in [-0.39, 0.29) is 11.8 Å². The van der Waals surface area contributed by atoms with Gasteiger partial charge in [0.05, 0.1) is 23.1 Å². The lowest BCUT2D eigenvalue weighted by Crippen LogP contribution is -2.24. The van der Waals surface area contributed by atoms with Crippen LogP contribution in [0.4, 0.5) is 0 Å². The highest BCUT2D eigenvalue weighted by Gasteiger charge is 2.20. The summed E-state index contributed by atoms with van der Waals surface area (Å²) < 4.78 is 1.76. The summed E-state index contributed by atoms with van der Waals surface area (Å²) in [6, 6.07) is 7.41. The van der Waals surface area contributed by atoms with Gasteiger partial charge in [-0.1, -0.05) is 37.6 Å². The summed E-state index contributed by atoms with van der Waals surface area (Å²) in [6.45, 7) is 8.09. The fourth-order valence-corrected chi connectivity index (χ4v) is 2.35. The van der Waals surface area contributed by atoms with Crippen LogP contribution in [0.25, 0.3) is 5.69 Å². The number of nitrogens with zero attached hydrogens (tertiary/aromatic N) is 2. The zero-order valence-electron chi connectivity index (χ0n) is 12.1. The number of amides is 1. The average Bonchev–Trinajstić information content (AvgIpc) is 2.89. The number of halogens is 1. The van der Waals surface area contributed by atoms with Gasteiger partial charge in [-0.25, -0.2) is 4.68 Å². The summed E-state index contributed by atoms with van der Waals surface area (Å²) in [5, 5.41) is 7.77. The van der Waals surface area contributed by atoms with E-state index < -0.39 is 0 Å². The number of carbonyl (C=O) groups is 1. The smallest absolute Gasteiger partial charge is 0.255 e. The number of carbonyl (C=O) groups excluding carboxylic acids is 1. The zero-order valence-corrected chi connectivity index (χ0v) is 12.9. The van der Waals surface area contributed by atoms with Gasteiger partial charge >= 0.3 is 0 Å². The predicted octanol–water partition coefficient (Wildman–Crippen LogP) is 3.56. The van der Waals surface area contributed by atoms with Crippen LogP contribution in [0.2, 0.25) is 5.02 Å². The van der Waals surface area contributed by atoms with Gasteiger partial charge in [-0.05, 0) is 24.1 Å². The first-order chi connectivity index (χ1) is 10.0. The van der Waals surface area contributed by atoms with Gasteiger partial charge in [0.25, 0.3) is 5.91 Å². The maximum Gasteiger partial charge on any atom is 0.255 e. The molecule has 0 radical (unpaired) electrons. The van der Waals surface area contributed by atoms with E-state index in [1.54, 1.807) is 23.0 Å². The maximum atomic E-state index is 12.2. The first-order valence-corrected chi connectivity index (χ1v) is 7.15. The Morgan fingerprint density at radius 3 is 2.90 bits per heavy atom. The van der Waals surface area contributed by atoms with E-state index in [0.29, 0.717) is 17.1 Å². The minimum absolute atomic E-state index is 0.146. The summed E-state index contributed by atoms with van der Waals surface area (Å²) in [5.41, 5.74) is 2.28. The molecule has 110 valence electrons. The number of hydrogen-bond donors (Lipinski definition) is 1. The van der Waals surface area contributed by atoms with Gasteiger partial charge < -0.3 is 5.32 Å². The van der Waals surface area contributed by atoms with Crippen molar-refractivity contribution < 1.29 is 4.79 Å². The molecule has 0 fully saturated rings. The van der Waals surface area contributed by atoms with Gasteiger partial charge in [-0.15, -0.1) is 6.58 Å². The topological polar surface area (TPSA) is 46.9 Å². The first kappa shape index (κ1) is 15.3. The minimum atomic E-state index is -0.146. The van der Waals surface area contributed by atoms with Crippen LogP contribution in [0.3, 0.4) is 0 Å². The molecule has 0 aliphatic heterocycles. The average molecular weight is 304 g/mol. The van der Waals surface area contributed by atoms with E-state index in [1.165, 1.54) is 0 Å². The van der Waals surface area contributed by atoms with Crippen molar-refractivity contribution in [3.63, 3.8) is 0 Å². The minimum Gasteiger partial charge on any atom is -0.348 e. The van der Waals surface area contributed by atoms with Crippen molar-refractivity contribution in [1.82, 2.24) is 15.1 Å². The molecule has 1 aromatic carbocycles. The van der Waals surface area contributed by atoms with Gasteiger partial charge in [0, 0.05) is 11.6 Å². The molecule has 4 nitrogen and oxygen atoms in total. The van der Waals surface area contributed by atoms with Gasteiger partial charge in [0.15, 0.2) is 0 Å². The molecule has 0 saturated carbocycles. The van der Waals surface area contributed by atoms with Crippen molar-refractivity contribution in [1.29, 1.82) is 0 Å². The Bertz CT molecular complexity index is 661. The molecular formula is C16H18ClN3O. The van der Waals surface area contributed by atoms with Crippen LogP contribution in [-0.2, 0) is 0 Å². The molecular weight excluding hydrogens is 286 g/mol. The van der Waals surface area contributed by atoms with Crippen molar-refractivity contribution in [3.05, 3.63) is 59.4 Å². The van der Waals surface area contributed by atoms with Crippen LogP contribution in [0.1, 0.15) is 35.8 Å².